The number of benzene rings is 2. The molecule has 4 rings (SSSR count). The molecular formula is C20H21N3OS. The highest BCUT2D eigenvalue weighted by molar-refractivity contribution is 7.99. The van der Waals surface area contributed by atoms with E-state index in [0.29, 0.717) is 5.75 Å². The molecule has 0 bridgehead atoms. The molecule has 1 N–H and O–H groups in total. The lowest BCUT2D eigenvalue weighted by Crippen LogP contribution is -2.43. The fraction of sp³-hybridized carbons (Fsp3) is 0.300. The van der Waals surface area contributed by atoms with Crippen molar-refractivity contribution in [2.45, 2.75) is 37.9 Å². The van der Waals surface area contributed by atoms with Gasteiger partial charge in [0.05, 0.1) is 16.8 Å². The maximum absolute atomic E-state index is 12.9. The average Bonchev–Trinajstić information content (AvgIpc) is 3.01. The summed E-state index contributed by atoms with van der Waals surface area (Å²) in [4.78, 5) is 22.7. The number of carbonyl (C=O) groups is 1. The van der Waals surface area contributed by atoms with Crippen LogP contribution in [0.2, 0.25) is 0 Å². The number of imidazole rings is 1. The normalized spacial score (nSPS) is 16.9. The van der Waals surface area contributed by atoms with Crippen LogP contribution in [-0.2, 0) is 11.2 Å². The molecule has 4 nitrogen and oxygen atoms in total. The number of aromatic amines is 1. The summed E-state index contributed by atoms with van der Waals surface area (Å²) in [6, 6.07) is 14.6. The number of aromatic nitrogens is 2. The summed E-state index contributed by atoms with van der Waals surface area (Å²) in [5.41, 5.74) is 5.48. The van der Waals surface area contributed by atoms with E-state index in [1.807, 2.05) is 23.1 Å². The van der Waals surface area contributed by atoms with Gasteiger partial charge in [0.1, 0.15) is 0 Å². The van der Waals surface area contributed by atoms with Gasteiger partial charge in [-0.05, 0) is 56.0 Å². The summed E-state index contributed by atoms with van der Waals surface area (Å²) in [5.74, 6) is 0.526. The Morgan fingerprint density at radius 2 is 2.16 bits per heavy atom. The molecule has 0 fully saturated rings. The van der Waals surface area contributed by atoms with Crippen LogP contribution in [0, 0.1) is 6.92 Å². The van der Waals surface area contributed by atoms with E-state index in [1.165, 1.54) is 22.9 Å². The lowest BCUT2D eigenvalue weighted by molar-refractivity contribution is -0.116. The number of aryl methyl sites for hydroxylation is 2. The fourth-order valence-corrected chi connectivity index (χ4v) is 4.18. The number of nitrogens with zero attached hydrogens (tertiary/aromatic N) is 2. The van der Waals surface area contributed by atoms with E-state index in [0.717, 1.165) is 34.7 Å². The molecule has 5 heteroatoms. The van der Waals surface area contributed by atoms with Crippen molar-refractivity contribution in [2.24, 2.45) is 0 Å². The Balaban J connectivity index is 1.51. The summed E-state index contributed by atoms with van der Waals surface area (Å²) in [7, 11) is 0. The molecule has 1 aliphatic heterocycles. The molecule has 0 spiro atoms. The minimum absolute atomic E-state index is 0.140. The van der Waals surface area contributed by atoms with Gasteiger partial charge in [0, 0.05) is 11.7 Å². The van der Waals surface area contributed by atoms with Crippen molar-refractivity contribution in [1.82, 2.24) is 9.97 Å². The van der Waals surface area contributed by atoms with Crippen LogP contribution >= 0.6 is 11.8 Å². The summed E-state index contributed by atoms with van der Waals surface area (Å²) in [6.07, 6.45) is 2.05. The van der Waals surface area contributed by atoms with Crippen molar-refractivity contribution in [3.05, 3.63) is 53.6 Å². The second kappa shape index (κ2) is 6.56. The van der Waals surface area contributed by atoms with Crippen LogP contribution < -0.4 is 4.90 Å². The molecule has 1 aliphatic rings. The predicted octanol–water partition coefficient (Wildman–Crippen LogP) is 4.33. The van der Waals surface area contributed by atoms with Gasteiger partial charge in [-0.1, -0.05) is 36.0 Å². The van der Waals surface area contributed by atoms with E-state index in [1.54, 1.807) is 0 Å². The predicted molar refractivity (Wildman–Crippen MR) is 103 cm³/mol. The van der Waals surface area contributed by atoms with E-state index in [4.69, 9.17) is 0 Å². The number of carbonyl (C=O) groups excluding carboxylic acids is 1. The van der Waals surface area contributed by atoms with Crippen LogP contribution in [0.3, 0.4) is 0 Å². The summed E-state index contributed by atoms with van der Waals surface area (Å²) in [6.45, 7) is 4.19. The lowest BCUT2D eigenvalue weighted by atomic mass is 9.97. The maximum atomic E-state index is 12.9. The average molecular weight is 351 g/mol. The van der Waals surface area contributed by atoms with Crippen LogP contribution in [0.15, 0.2) is 47.6 Å². The molecule has 0 saturated carbocycles. The first-order chi connectivity index (χ1) is 12.1. The summed E-state index contributed by atoms with van der Waals surface area (Å²) < 4.78 is 0. The largest absolute Gasteiger partial charge is 0.333 e. The summed E-state index contributed by atoms with van der Waals surface area (Å²) >= 11 is 1.47. The molecule has 0 saturated heterocycles. The van der Waals surface area contributed by atoms with E-state index in [9.17, 15) is 4.79 Å². The molecule has 0 aliphatic carbocycles. The van der Waals surface area contributed by atoms with Gasteiger partial charge in [-0.3, -0.25) is 4.79 Å². The molecule has 2 heterocycles. The topological polar surface area (TPSA) is 49.0 Å². The standard InChI is InChI=1S/C20H21N3OS/c1-13-7-10-16-17(11-13)22-20(21-16)25-12-19(24)23-14(2)8-9-15-5-3-4-6-18(15)23/h3-7,10-11,14H,8-9,12H2,1-2H3,(H,21,22)/t14-/m0/s1. The Bertz CT molecular complexity index is 934. The first-order valence-electron chi connectivity index (χ1n) is 8.61. The SMILES string of the molecule is Cc1ccc2nc(SCC(=O)N3c4ccccc4CC[C@@H]3C)[nH]c2c1. The van der Waals surface area contributed by atoms with E-state index in [-0.39, 0.29) is 11.9 Å². The van der Waals surface area contributed by atoms with Gasteiger partial charge in [0.25, 0.3) is 0 Å². The van der Waals surface area contributed by atoms with E-state index < -0.39 is 0 Å². The fourth-order valence-electron chi connectivity index (χ4n) is 3.44. The Labute approximate surface area is 151 Å². The quantitative estimate of drug-likeness (QED) is 0.715. The molecule has 1 aromatic heterocycles. The second-order valence-electron chi connectivity index (χ2n) is 6.63. The second-order valence-corrected chi connectivity index (χ2v) is 7.60. The van der Waals surface area contributed by atoms with Crippen LogP contribution in [-0.4, -0.2) is 27.7 Å². The molecular weight excluding hydrogens is 330 g/mol. The van der Waals surface area contributed by atoms with Gasteiger partial charge in [0.15, 0.2) is 5.16 Å². The van der Waals surface area contributed by atoms with Gasteiger partial charge in [-0.15, -0.1) is 0 Å². The molecule has 1 atom stereocenters. The highest BCUT2D eigenvalue weighted by atomic mass is 32.2. The molecule has 0 radical (unpaired) electrons. The minimum Gasteiger partial charge on any atom is -0.333 e. The third kappa shape index (κ3) is 3.16. The van der Waals surface area contributed by atoms with Crippen LogP contribution in [0.1, 0.15) is 24.5 Å². The highest BCUT2D eigenvalue weighted by Crippen LogP contribution is 2.31. The number of hydrogen-bond acceptors (Lipinski definition) is 3. The number of thioether (sulfide) groups is 1. The van der Waals surface area contributed by atoms with Crippen molar-refractivity contribution in [1.29, 1.82) is 0 Å². The number of anilines is 1. The number of amides is 1. The van der Waals surface area contributed by atoms with Crippen molar-refractivity contribution < 1.29 is 4.79 Å². The molecule has 0 unspecified atom stereocenters. The van der Waals surface area contributed by atoms with Crippen molar-refractivity contribution in [2.75, 3.05) is 10.7 Å². The molecule has 128 valence electrons. The Kier molecular flexibility index (Phi) is 4.25. The Hall–Kier alpha value is -2.27. The van der Waals surface area contributed by atoms with Crippen molar-refractivity contribution >= 4 is 34.4 Å². The number of para-hydroxylation sites is 1. The third-order valence-corrected chi connectivity index (χ3v) is 5.60. The zero-order valence-corrected chi connectivity index (χ0v) is 15.3. The van der Waals surface area contributed by atoms with Gasteiger partial charge < -0.3 is 9.88 Å². The Morgan fingerprint density at radius 1 is 1.32 bits per heavy atom. The first kappa shape index (κ1) is 16.2. The van der Waals surface area contributed by atoms with Crippen LogP contribution in [0.4, 0.5) is 5.69 Å². The monoisotopic (exact) mass is 351 g/mol. The van der Waals surface area contributed by atoms with Gasteiger partial charge in [-0.25, -0.2) is 4.98 Å². The van der Waals surface area contributed by atoms with E-state index >= 15 is 0 Å². The lowest BCUT2D eigenvalue weighted by Gasteiger charge is -2.35. The van der Waals surface area contributed by atoms with Gasteiger partial charge >= 0.3 is 0 Å². The number of H-pyrrole nitrogens is 1. The molecule has 25 heavy (non-hydrogen) atoms. The third-order valence-electron chi connectivity index (χ3n) is 4.74. The molecule has 3 aromatic rings. The van der Waals surface area contributed by atoms with Gasteiger partial charge in [-0.2, -0.15) is 0 Å². The maximum Gasteiger partial charge on any atom is 0.237 e. The molecule has 2 aromatic carbocycles. The number of rotatable bonds is 3. The smallest absolute Gasteiger partial charge is 0.237 e. The highest BCUT2D eigenvalue weighted by Gasteiger charge is 2.27. The van der Waals surface area contributed by atoms with Gasteiger partial charge in [0.2, 0.25) is 5.91 Å². The zero-order chi connectivity index (χ0) is 17.4. The van der Waals surface area contributed by atoms with Crippen LogP contribution in [0.5, 0.6) is 0 Å². The number of fused-ring (bicyclic) bond motifs is 2. The van der Waals surface area contributed by atoms with Crippen molar-refractivity contribution in [3.63, 3.8) is 0 Å². The van der Waals surface area contributed by atoms with E-state index in [2.05, 4.69) is 48.1 Å². The van der Waals surface area contributed by atoms with Crippen LogP contribution in [0.25, 0.3) is 11.0 Å². The number of nitrogens with one attached hydrogen (secondary N) is 1. The first-order valence-corrected chi connectivity index (χ1v) is 9.59. The zero-order valence-electron chi connectivity index (χ0n) is 14.5. The Morgan fingerprint density at radius 3 is 3.04 bits per heavy atom. The summed E-state index contributed by atoms with van der Waals surface area (Å²) in [5, 5.41) is 0.798. The van der Waals surface area contributed by atoms with Crippen molar-refractivity contribution in [3.8, 4) is 0 Å². The number of hydrogen-bond donors (Lipinski definition) is 1. The molecule has 1 amide bonds. The minimum atomic E-state index is 0.140.